The second kappa shape index (κ2) is 11.8. The van der Waals surface area contributed by atoms with Gasteiger partial charge in [-0.3, -0.25) is 9.69 Å². The van der Waals surface area contributed by atoms with E-state index in [9.17, 15) is 4.79 Å². The highest BCUT2D eigenvalue weighted by Crippen LogP contribution is 2.33. The van der Waals surface area contributed by atoms with Crippen LogP contribution in [0.1, 0.15) is 75.0 Å². The lowest BCUT2D eigenvalue weighted by Gasteiger charge is -2.31. The molecule has 4 aromatic rings. The number of hydrogen-bond acceptors (Lipinski definition) is 7. The van der Waals surface area contributed by atoms with Gasteiger partial charge in [-0.15, -0.1) is 5.10 Å². The Morgan fingerprint density at radius 3 is 2.53 bits per heavy atom. The van der Waals surface area contributed by atoms with Gasteiger partial charge < -0.3 is 14.5 Å². The largest absolute Gasteiger partial charge is 0.497 e. The van der Waals surface area contributed by atoms with E-state index in [2.05, 4.69) is 44.5 Å². The maximum atomic E-state index is 13.2. The van der Waals surface area contributed by atoms with E-state index >= 15 is 0 Å². The molecule has 1 aliphatic rings. The van der Waals surface area contributed by atoms with Crippen LogP contribution < -0.4 is 15.0 Å². The van der Waals surface area contributed by atoms with Crippen LogP contribution in [0.25, 0.3) is 10.9 Å². The average molecular weight is 517 g/mol. The van der Waals surface area contributed by atoms with Crippen LogP contribution >= 0.6 is 0 Å². The quantitative estimate of drug-likeness (QED) is 0.293. The van der Waals surface area contributed by atoms with Crippen LogP contribution in [0.5, 0.6) is 11.5 Å². The number of H-pyrrole nitrogens is 1. The van der Waals surface area contributed by atoms with Crippen molar-refractivity contribution in [3.05, 3.63) is 75.8 Å². The Labute approximate surface area is 222 Å². The molecule has 0 unspecified atom stereocenters. The number of aromatic nitrogens is 5. The SMILES string of the molecule is CCOc1ccc2[nH]c(=O)c(CN(Cc3ccc(OC)cc3)[C@H](CC)c3nnnn3C3CCCC3)cc2c1. The van der Waals surface area contributed by atoms with Crippen molar-refractivity contribution in [1.82, 2.24) is 30.1 Å². The van der Waals surface area contributed by atoms with Gasteiger partial charge >= 0.3 is 0 Å². The Morgan fingerprint density at radius 1 is 1.05 bits per heavy atom. The maximum absolute atomic E-state index is 13.2. The van der Waals surface area contributed by atoms with Gasteiger partial charge in [0, 0.05) is 29.6 Å². The Balaban J connectivity index is 1.52. The number of tetrazole rings is 1. The first-order chi connectivity index (χ1) is 18.6. The van der Waals surface area contributed by atoms with Crippen molar-refractivity contribution >= 4 is 10.9 Å². The van der Waals surface area contributed by atoms with E-state index in [0.29, 0.717) is 31.3 Å². The van der Waals surface area contributed by atoms with Crippen molar-refractivity contribution in [2.45, 2.75) is 71.1 Å². The summed E-state index contributed by atoms with van der Waals surface area (Å²) in [5, 5.41) is 13.9. The molecule has 2 aromatic carbocycles. The fourth-order valence-corrected chi connectivity index (χ4v) is 5.50. The molecule has 1 atom stereocenters. The maximum Gasteiger partial charge on any atom is 0.252 e. The van der Waals surface area contributed by atoms with Gasteiger partial charge in [-0.05, 0) is 78.6 Å². The zero-order valence-electron chi connectivity index (χ0n) is 22.4. The second-order valence-corrected chi connectivity index (χ2v) is 9.90. The van der Waals surface area contributed by atoms with Gasteiger partial charge in [-0.1, -0.05) is 31.9 Å². The molecule has 0 aliphatic heterocycles. The minimum Gasteiger partial charge on any atom is -0.497 e. The first kappa shape index (κ1) is 25.9. The lowest BCUT2D eigenvalue weighted by atomic mass is 10.1. The summed E-state index contributed by atoms with van der Waals surface area (Å²) in [5.74, 6) is 2.47. The number of hydrogen-bond donors (Lipinski definition) is 1. The summed E-state index contributed by atoms with van der Waals surface area (Å²) < 4.78 is 13.1. The third-order valence-corrected chi connectivity index (χ3v) is 7.44. The van der Waals surface area contributed by atoms with Crippen LogP contribution in [0.15, 0.2) is 53.3 Å². The number of rotatable bonds is 11. The number of ether oxygens (including phenoxy) is 2. The lowest BCUT2D eigenvalue weighted by Crippen LogP contribution is -2.32. The van der Waals surface area contributed by atoms with E-state index in [1.165, 1.54) is 12.8 Å². The molecular formula is C29H36N6O3. The monoisotopic (exact) mass is 516 g/mol. The van der Waals surface area contributed by atoms with Crippen molar-refractivity contribution in [2.75, 3.05) is 13.7 Å². The molecule has 1 fully saturated rings. The van der Waals surface area contributed by atoms with E-state index in [1.54, 1.807) is 7.11 Å². The summed E-state index contributed by atoms with van der Waals surface area (Å²) in [7, 11) is 1.67. The highest BCUT2D eigenvalue weighted by Gasteiger charge is 2.29. The number of benzene rings is 2. The predicted molar refractivity (Wildman–Crippen MR) is 146 cm³/mol. The number of nitrogens with zero attached hydrogens (tertiary/aromatic N) is 5. The van der Waals surface area contributed by atoms with E-state index in [0.717, 1.165) is 53.1 Å². The van der Waals surface area contributed by atoms with Crippen molar-refractivity contribution in [3.8, 4) is 11.5 Å². The van der Waals surface area contributed by atoms with E-state index in [-0.39, 0.29) is 11.6 Å². The standard InChI is InChI=1S/C29H36N6O3/c1-4-27(28-31-32-33-35(28)23-8-6-7-9-23)34(18-20-10-12-24(37-3)13-11-20)19-22-16-21-17-25(38-5-2)14-15-26(21)30-29(22)36/h10-17,23,27H,4-9,18-19H2,1-3H3,(H,30,36)/t27-/m1/s1. The molecule has 9 nitrogen and oxygen atoms in total. The third-order valence-electron chi connectivity index (χ3n) is 7.44. The molecule has 200 valence electrons. The highest BCUT2D eigenvalue weighted by molar-refractivity contribution is 5.80. The number of methoxy groups -OCH3 is 1. The average Bonchev–Trinajstić information content (AvgIpc) is 3.63. The fraction of sp³-hybridized carbons (Fsp3) is 0.448. The van der Waals surface area contributed by atoms with E-state index in [1.807, 2.05) is 48.0 Å². The van der Waals surface area contributed by atoms with Gasteiger partial charge in [0.05, 0.1) is 25.8 Å². The van der Waals surface area contributed by atoms with Crippen LogP contribution in [-0.4, -0.2) is 43.8 Å². The highest BCUT2D eigenvalue weighted by atomic mass is 16.5. The number of aromatic amines is 1. The van der Waals surface area contributed by atoms with Crippen LogP contribution in [0, 0.1) is 0 Å². The van der Waals surface area contributed by atoms with Gasteiger partial charge in [0.15, 0.2) is 5.82 Å². The van der Waals surface area contributed by atoms with E-state index in [4.69, 9.17) is 9.47 Å². The summed E-state index contributed by atoms with van der Waals surface area (Å²) in [6.07, 6.45) is 5.40. The Bertz CT molecular complexity index is 1410. The minimum atomic E-state index is -0.0911. The molecule has 38 heavy (non-hydrogen) atoms. The topological polar surface area (TPSA) is 98.2 Å². The molecule has 9 heteroatoms. The van der Waals surface area contributed by atoms with Crippen molar-refractivity contribution < 1.29 is 9.47 Å². The molecule has 1 aliphatic carbocycles. The zero-order chi connectivity index (χ0) is 26.5. The van der Waals surface area contributed by atoms with Crippen molar-refractivity contribution in [1.29, 1.82) is 0 Å². The Morgan fingerprint density at radius 2 is 1.82 bits per heavy atom. The van der Waals surface area contributed by atoms with Crippen LogP contribution in [-0.2, 0) is 13.1 Å². The molecule has 2 aromatic heterocycles. The summed E-state index contributed by atoms with van der Waals surface area (Å²) in [6.45, 7) is 5.79. The minimum absolute atomic E-state index is 0.0578. The van der Waals surface area contributed by atoms with Crippen LogP contribution in [0.4, 0.5) is 0 Å². The third kappa shape index (κ3) is 5.57. The van der Waals surface area contributed by atoms with Gasteiger partial charge in [-0.2, -0.15) is 0 Å². The number of pyridine rings is 1. The van der Waals surface area contributed by atoms with Gasteiger partial charge in [0.25, 0.3) is 5.56 Å². The number of nitrogens with one attached hydrogen (secondary N) is 1. The normalized spacial score (nSPS) is 14.8. The molecule has 0 saturated heterocycles. The fourth-order valence-electron chi connectivity index (χ4n) is 5.50. The number of fused-ring (bicyclic) bond motifs is 1. The molecule has 0 amide bonds. The lowest BCUT2D eigenvalue weighted by molar-refractivity contribution is 0.158. The first-order valence-electron chi connectivity index (χ1n) is 13.5. The molecular weight excluding hydrogens is 480 g/mol. The summed E-state index contributed by atoms with van der Waals surface area (Å²) in [6, 6.07) is 16.1. The molecule has 1 N–H and O–H groups in total. The summed E-state index contributed by atoms with van der Waals surface area (Å²) in [4.78, 5) is 18.6. The van der Waals surface area contributed by atoms with Gasteiger partial charge in [0.2, 0.25) is 0 Å². The van der Waals surface area contributed by atoms with Gasteiger partial charge in [-0.25, -0.2) is 4.68 Å². The van der Waals surface area contributed by atoms with Gasteiger partial charge in [0.1, 0.15) is 11.5 Å². The van der Waals surface area contributed by atoms with Crippen LogP contribution in [0.2, 0.25) is 0 Å². The smallest absolute Gasteiger partial charge is 0.252 e. The molecule has 0 spiro atoms. The molecule has 0 radical (unpaired) electrons. The van der Waals surface area contributed by atoms with Crippen LogP contribution in [0.3, 0.4) is 0 Å². The summed E-state index contributed by atoms with van der Waals surface area (Å²) in [5.41, 5.74) is 2.52. The zero-order valence-corrected chi connectivity index (χ0v) is 22.4. The predicted octanol–water partition coefficient (Wildman–Crippen LogP) is 5.19. The van der Waals surface area contributed by atoms with Crippen molar-refractivity contribution in [3.63, 3.8) is 0 Å². The molecule has 2 heterocycles. The van der Waals surface area contributed by atoms with E-state index < -0.39 is 0 Å². The first-order valence-corrected chi connectivity index (χ1v) is 13.5. The molecule has 5 rings (SSSR count). The molecule has 0 bridgehead atoms. The Kier molecular flexibility index (Phi) is 8.03. The molecule has 1 saturated carbocycles. The second-order valence-electron chi connectivity index (χ2n) is 9.90. The summed E-state index contributed by atoms with van der Waals surface area (Å²) >= 11 is 0. The van der Waals surface area contributed by atoms with Crippen molar-refractivity contribution in [2.24, 2.45) is 0 Å². The Hall–Kier alpha value is -3.72.